The Morgan fingerprint density at radius 3 is 2.11 bits per heavy atom. The second-order valence-corrected chi connectivity index (χ2v) is 5.91. The summed E-state index contributed by atoms with van der Waals surface area (Å²) in [6.07, 6.45) is 0. The molecule has 0 aromatic heterocycles. The Morgan fingerprint density at radius 2 is 1.58 bits per heavy atom. The fourth-order valence-electron chi connectivity index (χ4n) is 1.64. The predicted molar refractivity (Wildman–Crippen MR) is 73.2 cm³/mol. The zero-order valence-electron chi connectivity index (χ0n) is 10.3. The minimum absolute atomic E-state index is 0.165. The number of para-hydroxylation sites is 1. The van der Waals surface area contributed by atoms with E-state index in [4.69, 9.17) is 5.26 Å². The van der Waals surface area contributed by atoms with E-state index in [0.29, 0.717) is 11.3 Å². The summed E-state index contributed by atoms with van der Waals surface area (Å²) < 4.78 is 26.0. The third-order valence-electron chi connectivity index (χ3n) is 2.76. The molecule has 19 heavy (non-hydrogen) atoms. The Balaban J connectivity index is 2.40. The van der Waals surface area contributed by atoms with E-state index in [1.807, 2.05) is 12.1 Å². The molecule has 2 aromatic carbocycles. The molecule has 0 fully saturated rings. The molecule has 0 saturated heterocycles. The number of benzene rings is 2. The lowest BCUT2D eigenvalue weighted by atomic mass is 10.2. The highest BCUT2D eigenvalue weighted by molar-refractivity contribution is 7.92. The van der Waals surface area contributed by atoms with Crippen LogP contribution in [0.2, 0.25) is 0 Å². The molecule has 2 rings (SSSR count). The predicted octanol–water partition coefficient (Wildman–Crippen LogP) is 2.38. The second kappa shape index (κ2) is 5.12. The standard InChI is InChI=1S/C14H12N2O2S/c1-16(13-5-3-2-4-6-13)19(17,18)14-9-7-12(11-15)8-10-14/h2-10H,1H3. The Hall–Kier alpha value is -2.32. The Kier molecular flexibility index (Phi) is 3.54. The third kappa shape index (κ3) is 2.59. The molecule has 0 bridgehead atoms. The van der Waals surface area contributed by atoms with Gasteiger partial charge in [-0.15, -0.1) is 0 Å². The monoisotopic (exact) mass is 272 g/mol. The first-order valence-corrected chi connectivity index (χ1v) is 7.04. The van der Waals surface area contributed by atoms with Crippen molar-refractivity contribution in [1.82, 2.24) is 0 Å². The van der Waals surface area contributed by atoms with Gasteiger partial charge in [0.1, 0.15) is 0 Å². The number of nitriles is 1. The number of nitrogens with zero attached hydrogens (tertiary/aromatic N) is 2. The fourth-order valence-corrected chi connectivity index (χ4v) is 2.83. The van der Waals surface area contributed by atoms with Gasteiger partial charge in [0, 0.05) is 7.05 Å². The number of sulfonamides is 1. The van der Waals surface area contributed by atoms with E-state index in [1.54, 1.807) is 24.3 Å². The van der Waals surface area contributed by atoms with Crippen molar-refractivity contribution in [1.29, 1.82) is 5.26 Å². The number of rotatable bonds is 3. The van der Waals surface area contributed by atoms with Crippen molar-refractivity contribution in [3.8, 4) is 6.07 Å². The first-order chi connectivity index (χ1) is 9.05. The van der Waals surface area contributed by atoms with Gasteiger partial charge in [0.2, 0.25) is 0 Å². The van der Waals surface area contributed by atoms with Gasteiger partial charge in [0.05, 0.1) is 22.2 Å². The molecule has 0 aliphatic heterocycles. The number of anilines is 1. The maximum Gasteiger partial charge on any atom is 0.264 e. The molecule has 0 heterocycles. The minimum Gasteiger partial charge on any atom is -0.269 e. The first-order valence-electron chi connectivity index (χ1n) is 5.60. The summed E-state index contributed by atoms with van der Waals surface area (Å²) in [6, 6.07) is 16.6. The van der Waals surface area contributed by atoms with Crippen LogP contribution >= 0.6 is 0 Å². The van der Waals surface area contributed by atoms with Crippen LogP contribution in [0.3, 0.4) is 0 Å². The summed E-state index contributed by atoms with van der Waals surface area (Å²) in [5, 5.41) is 8.71. The number of hydrogen-bond acceptors (Lipinski definition) is 3. The molecule has 0 spiro atoms. The fraction of sp³-hybridized carbons (Fsp3) is 0.0714. The van der Waals surface area contributed by atoms with Crippen molar-refractivity contribution >= 4 is 15.7 Å². The van der Waals surface area contributed by atoms with E-state index < -0.39 is 10.0 Å². The molecular weight excluding hydrogens is 260 g/mol. The van der Waals surface area contributed by atoms with Crippen LogP contribution in [0.25, 0.3) is 0 Å². The lowest BCUT2D eigenvalue weighted by molar-refractivity contribution is 0.594. The summed E-state index contributed by atoms with van der Waals surface area (Å²) in [7, 11) is -2.09. The molecule has 0 unspecified atom stereocenters. The average molecular weight is 272 g/mol. The maximum atomic E-state index is 12.4. The summed E-state index contributed by atoms with van der Waals surface area (Å²) in [6.45, 7) is 0. The highest BCUT2D eigenvalue weighted by Gasteiger charge is 2.20. The van der Waals surface area contributed by atoms with Gasteiger partial charge in [-0.2, -0.15) is 5.26 Å². The largest absolute Gasteiger partial charge is 0.269 e. The summed E-state index contributed by atoms with van der Waals surface area (Å²) in [5.41, 5.74) is 1.02. The molecule has 0 amide bonds. The normalized spacial score (nSPS) is 10.7. The van der Waals surface area contributed by atoms with Gasteiger partial charge in [0.15, 0.2) is 0 Å². The molecule has 0 aliphatic rings. The van der Waals surface area contributed by atoms with E-state index in [-0.39, 0.29) is 4.90 Å². The Bertz CT molecular complexity index is 701. The van der Waals surface area contributed by atoms with E-state index in [9.17, 15) is 8.42 Å². The lowest BCUT2D eigenvalue weighted by Crippen LogP contribution is -2.26. The lowest BCUT2D eigenvalue weighted by Gasteiger charge is -2.19. The maximum absolute atomic E-state index is 12.4. The first kappa shape index (κ1) is 13.1. The van der Waals surface area contributed by atoms with Crippen molar-refractivity contribution in [3.63, 3.8) is 0 Å². The molecule has 0 N–H and O–H groups in total. The summed E-state index contributed by atoms with van der Waals surface area (Å²) >= 11 is 0. The van der Waals surface area contributed by atoms with Gasteiger partial charge in [-0.1, -0.05) is 18.2 Å². The van der Waals surface area contributed by atoms with Crippen LogP contribution in [0.15, 0.2) is 59.5 Å². The molecular formula is C14H12N2O2S. The van der Waals surface area contributed by atoms with Crippen molar-refractivity contribution in [2.24, 2.45) is 0 Å². The van der Waals surface area contributed by atoms with Crippen LogP contribution < -0.4 is 4.31 Å². The Labute approximate surface area is 112 Å². The second-order valence-electron chi connectivity index (χ2n) is 3.94. The molecule has 0 radical (unpaired) electrons. The highest BCUT2D eigenvalue weighted by atomic mass is 32.2. The van der Waals surface area contributed by atoms with Crippen LogP contribution in [0.1, 0.15) is 5.56 Å². The molecule has 5 heteroatoms. The van der Waals surface area contributed by atoms with Gasteiger partial charge in [-0.3, -0.25) is 4.31 Å². The van der Waals surface area contributed by atoms with Crippen LogP contribution in [0.4, 0.5) is 5.69 Å². The van der Waals surface area contributed by atoms with E-state index in [1.165, 1.54) is 35.6 Å². The smallest absolute Gasteiger partial charge is 0.264 e. The quantitative estimate of drug-likeness (QED) is 0.861. The van der Waals surface area contributed by atoms with Crippen molar-refractivity contribution in [3.05, 3.63) is 60.2 Å². The van der Waals surface area contributed by atoms with Crippen molar-refractivity contribution in [2.45, 2.75) is 4.90 Å². The molecule has 0 atom stereocenters. The van der Waals surface area contributed by atoms with E-state index in [2.05, 4.69) is 0 Å². The highest BCUT2D eigenvalue weighted by Crippen LogP contribution is 2.21. The van der Waals surface area contributed by atoms with Crippen LogP contribution in [-0.4, -0.2) is 15.5 Å². The van der Waals surface area contributed by atoms with E-state index >= 15 is 0 Å². The van der Waals surface area contributed by atoms with Gasteiger partial charge in [-0.25, -0.2) is 8.42 Å². The van der Waals surface area contributed by atoms with Gasteiger partial charge >= 0.3 is 0 Å². The zero-order chi connectivity index (χ0) is 13.9. The van der Waals surface area contributed by atoms with Crippen LogP contribution in [0.5, 0.6) is 0 Å². The average Bonchev–Trinajstić information content (AvgIpc) is 2.47. The van der Waals surface area contributed by atoms with Gasteiger partial charge < -0.3 is 0 Å². The number of hydrogen-bond donors (Lipinski definition) is 0. The van der Waals surface area contributed by atoms with E-state index in [0.717, 1.165) is 0 Å². The van der Waals surface area contributed by atoms with Crippen LogP contribution in [0, 0.1) is 11.3 Å². The van der Waals surface area contributed by atoms with Crippen molar-refractivity contribution < 1.29 is 8.42 Å². The minimum atomic E-state index is -3.59. The summed E-state index contributed by atoms with van der Waals surface area (Å²) in [5.74, 6) is 0. The van der Waals surface area contributed by atoms with Crippen LogP contribution in [-0.2, 0) is 10.0 Å². The van der Waals surface area contributed by atoms with Crippen molar-refractivity contribution in [2.75, 3.05) is 11.4 Å². The van der Waals surface area contributed by atoms with Gasteiger partial charge in [0.25, 0.3) is 10.0 Å². The molecule has 96 valence electrons. The third-order valence-corrected chi connectivity index (χ3v) is 4.56. The van der Waals surface area contributed by atoms with Gasteiger partial charge in [-0.05, 0) is 36.4 Å². The SMILES string of the molecule is CN(c1ccccc1)S(=O)(=O)c1ccc(C#N)cc1. The summed E-state index contributed by atoms with van der Waals surface area (Å²) in [4.78, 5) is 0.165. The Morgan fingerprint density at radius 1 is 1.00 bits per heavy atom. The zero-order valence-corrected chi connectivity index (χ0v) is 11.1. The molecule has 2 aromatic rings. The molecule has 4 nitrogen and oxygen atoms in total. The molecule has 0 aliphatic carbocycles. The molecule has 0 saturated carbocycles. The topological polar surface area (TPSA) is 61.2 Å².